The largest absolute Gasteiger partial charge is 0.338 e. The van der Waals surface area contributed by atoms with E-state index in [1.807, 2.05) is 17.3 Å². The normalized spacial score (nSPS) is 15.3. The van der Waals surface area contributed by atoms with E-state index in [0.717, 1.165) is 18.4 Å². The van der Waals surface area contributed by atoms with Gasteiger partial charge in [-0.2, -0.15) is 4.31 Å². The molecule has 1 fully saturated rings. The molecule has 0 bridgehead atoms. The Labute approximate surface area is 176 Å². The Morgan fingerprint density at radius 1 is 1.17 bits per heavy atom. The van der Waals surface area contributed by atoms with E-state index >= 15 is 0 Å². The summed E-state index contributed by atoms with van der Waals surface area (Å²) in [5, 5.41) is 2.66. The summed E-state index contributed by atoms with van der Waals surface area (Å²) in [6.45, 7) is 5.09. The Hall–Kier alpha value is -2.23. The summed E-state index contributed by atoms with van der Waals surface area (Å²) >= 11 is 6.19. The summed E-state index contributed by atoms with van der Waals surface area (Å²) in [5.74, 6) is 0.359. The molecular weight excluding hydrogens is 414 g/mol. The van der Waals surface area contributed by atoms with Crippen LogP contribution in [0.5, 0.6) is 0 Å². The van der Waals surface area contributed by atoms with Gasteiger partial charge in [0, 0.05) is 51.2 Å². The Morgan fingerprint density at radius 2 is 1.83 bits per heavy atom. The van der Waals surface area contributed by atoms with Crippen LogP contribution in [0.2, 0.25) is 5.02 Å². The molecule has 0 spiro atoms. The number of halogens is 1. The van der Waals surface area contributed by atoms with E-state index in [9.17, 15) is 13.2 Å². The van der Waals surface area contributed by atoms with Gasteiger partial charge in [0.2, 0.25) is 21.9 Å². The molecule has 0 radical (unpaired) electrons. The molecular formula is C19H24ClN5O3S. The zero-order valence-electron chi connectivity index (χ0n) is 16.4. The molecule has 10 heteroatoms. The molecule has 1 N–H and O–H groups in total. The average Bonchev–Trinajstić information content (AvgIpc) is 2.68. The molecule has 0 atom stereocenters. The first-order valence-electron chi connectivity index (χ1n) is 9.44. The van der Waals surface area contributed by atoms with E-state index < -0.39 is 10.0 Å². The number of amides is 1. The lowest BCUT2D eigenvalue weighted by molar-refractivity contribution is -0.114. The number of benzene rings is 1. The molecule has 0 saturated carbocycles. The second-order valence-electron chi connectivity index (χ2n) is 6.86. The van der Waals surface area contributed by atoms with Gasteiger partial charge in [-0.25, -0.2) is 18.4 Å². The Bertz CT molecular complexity index is 974. The smallest absolute Gasteiger partial charge is 0.244 e. The Balaban J connectivity index is 1.68. The number of aromatic nitrogens is 2. The van der Waals surface area contributed by atoms with Crippen molar-refractivity contribution in [1.82, 2.24) is 14.3 Å². The summed E-state index contributed by atoms with van der Waals surface area (Å²) < 4.78 is 27.4. The molecule has 2 aromatic rings. The van der Waals surface area contributed by atoms with Crippen LogP contribution in [0, 0.1) is 0 Å². The van der Waals surface area contributed by atoms with Crippen molar-refractivity contribution >= 4 is 39.2 Å². The molecule has 1 aliphatic rings. The lowest BCUT2D eigenvalue weighted by atomic mass is 10.2. The molecule has 3 rings (SSSR count). The number of rotatable bonds is 6. The van der Waals surface area contributed by atoms with E-state index in [1.54, 1.807) is 0 Å². The Morgan fingerprint density at radius 3 is 2.38 bits per heavy atom. The van der Waals surface area contributed by atoms with Crippen LogP contribution in [0.25, 0.3) is 0 Å². The van der Waals surface area contributed by atoms with Crippen LogP contribution in [0.1, 0.15) is 25.8 Å². The number of hydrogen-bond acceptors (Lipinski definition) is 6. The van der Waals surface area contributed by atoms with Gasteiger partial charge in [0.05, 0.1) is 5.02 Å². The fourth-order valence-corrected chi connectivity index (χ4v) is 5.13. The number of nitrogens with zero attached hydrogens (tertiary/aromatic N) is 4. The fraction of sp³-hybridized carbons (Fsp3) is 0.421. The number of aryl methyl sites for hydroxylation is 1. The van der Waals surface area contributed by atoms with Crippen molar-refractivity contribution in [3.63, 3.8) is 0 Å². The maximum Gasteiger partial charge on any atom is 0.244 e. The third-order valence-electron chi connectivity index (χ3n) is 4.62. The molecule has 1 aliphatic heterocycles. The van der Waals surface area contributed by atoms with Crippen molar-refractivity contribution in [2.45, 2.75) is 31.6 Å². The van der Waals surface area contributed by atoms with E-state index in [4.69, 9.17) is 11.6 Å². The van der Waals surface area contributed by atoms with Gasteiger partial charge >= 0.3 is 0 Å². The van der Waals surface area contributed by atoms with E-state index in [-0.39, 0.29) is 15.8 Å². The molecule has 8 nitrogen and oxygen atoms in total. The minimum Gasteiger partial charge on any atom is -0.338 e. The highest BCUT2D eigenvalue weighted by Crippen LogP contribution is 2.28. The maximum atomic E-state index is 13.0. The quantitative estimate of drug-likeness (QED) is 0.746. The predicted octanol–water partition coefficient (Wildman–Crippen LogP) is 2.55. The van der Waals surface area contributed by atoms with Crippen LogP contribution in [-0.4, -0.2) is 54.8 Å². The van der Waals surface area contributed by atoms with Crippen LogP contribution in [0.15, 0.2) is 35.5 Å². The first-order valence-corrected chi connectivity index (χ1v) is 11.3. The second-order valence-corrected chi connectivity index (χ2v) is 9.17. The zero-order chi connectivity index (χ0) is 21.0. The lowest BCUT2D eigenvalue weighted by Gasteiger charge is -2.34. The van der Waals surface area contributed by atoms with E-state index in [1.165, 1.54) is 29.4 Å². The van der Waals surface area contributed by atoms with Crippen LogP contribution >= 0.6 is 11.6 Å². The number of anilines is 2. The predicted molar refractivity (Wildman–Crippen MR) is 113 cm³/mol. The van der Waals surface area contributed by atoms with Crippen LogP contribution in [0.4, 0.5) is 11.6 Å². The molecule has 0 unspecified atom stereocenters. The highest BCUT2D eigenvalue weighted by Gasteiger charge is 2.30. The molecule has 156 valence electrons. The van der Waals surface area contributed by atoms with Gasteiger partial charge in [0.15, 0.2) is 0 Å². The minimum atomic E-state index is -3.74. The molecule has 1 aromatic carbocycles. The first-order chi connectivity index (χ1) is 13.8. The molecule has 1 amide bonds. The second kappa shape index (κ2) is 9.06. The van der Waals surface area contributed by atoms with Gasteiger partial charge < -0.3 is 10.2 Å². The molecule has 0 aliphatic carbocycles. The van der Waals surface area contributed by atoms with Gasteiger partial charge in [-0.05, 0) is 30.2 Å². The van der Waals surface area contributed by atoms with Crippen molar-refractivity contribution in [2.24, 2.45) is 0 Å². The van der Waals surface area contributed by atoms with Crippen LogP contribution in [-0.2, 0) is 21.2 Å². The average molecular weight is 438 g/mol. The number of carbonyl (C=O) groups excluding carboxylic acids is 1. The van der Waals surface area contributed by atoms with Crippen molar-refractivity contribution in [3.05, 3.63) is 41.2 Å². The number of piperazine rings is 1. The Kier molecular flexibility index (Phi) is 6.71. The van der Waals surface area contributed by atoms with E-state index in [2.05, 4.69) is 22.2 Å². The fourth-order valence-electron chi connectivity index (χ4n) is 3.19. The summed E-state index contributed by atoms with van der Waals surface area (Å²) in [7, 11) is -3.74. The van der Waals surface area contributed by atoms with Crippen molar-refractivity contribution in [1.29, 1.82) is 0 Å². The lowest BCUT2D eigenvalue weighted by Crippen LogP contribution is -2.49. The van der Waals surface area contributed by atoms with Crippen molar-refractivity contribution in [2.75, 3.05) is 36.4 Å². The summed E-state index contributed by atoms with van der Waals surface area (Å²) in [5.41, 5.74) is 1.55. The minimum absolute atomic E-state index is 0.0295. The summed E-state index contributed by atoms with van der Waals surface area (Å²) in [4.78, 5) is 22.0. The van der Waals surface area contributed by atoms with Gasteiger partial charge in [-0.1, -0.05) is 24.9 Å². The molecule has 2 heterocycles. The third-order valence-corrected chi connectivity index (χ3v) is 7.00. The highest BCUT2D eigenvalue weighted by molar-refractivity contribution is 7.89. The summed E-state index contributed by atoms with van der Waals surface area (Å²) in [6, 6.07) is 4.39. The standard InChI is InChI=1S/C19H24ClN5O3S/c1-3-4-15-12-21-19(22-13-15)24-7-9-25(10-8-24)29(27,28)18-6-5-16(11-17(18)20)23-14(2)26/h5-6,11-13H,3-4,7-10H2,1-2H3,(H,23,26). The molecule has 1 aromatic heterocycles. The van der Waals surface area contributed by atoms with Crippen molar-refractivity contribution in [3.8, 4) is 0 Å². The number of sulfonamides is 1. The zero-order valence-corrected chi connectivity index (χ0v) is 18.0. The monoisotopic (exact) mass is 437 g/mol. The van der Waals surface area contributed by atoms with Gasteiger partial charge in [-0.15, -0.1) is 0 Å². The van der Waals surface area contributed by atoms with Crippen LogP contribution in [0.3, 0.4) is 0 Å². The number of hydrogen-bond donors (Lipinski definition) is 1. The van der Waals surface area contributed by atoms with Crippen molar-refractivity contribution < 1.29 is 13.2 Å². The van der Waals surface area contributed by atoms with Crippen LogP contribution < -0.4 is 10.2 Å². The van der Waals surface area contributed by atoms with E-state index in [0.29, 0.717) is 37.8 Å². The SMILES string of the molecule is CCCc1cnc(N2CCN(S(=O)(=O)c3ccc(NC(C)=O)cc3Cl)CC2)nc1. The third kappa shape index (κ3) is 5.04. The highest BCUT2D eigenvalue weighted by atomic mass is 35.5. The van der Waals surface area contributed by atoms with Gasteiger partial charge in [0.1, 0.15) is 4.90 Å². The van der Waals surface area contributed by atoms with Gasteiger partial charge in [-0.3, -0.25) is 4.79 Å². The first kappa shape index (κ1) is 21.5. The topological polar surface area (TPSA) is 95.5 Å². The van der Waals surface area contributed by atoms with Gasteiger partial charge in [0.25, 0.3) is 0 Å². The summed E-state index contributed by atoms with van der Waals surface area (Å²) in [6.07, 6.45) is 5.62. The number of carbonyl (C=O) groups is 1. The molecule has 1 saturated heterocycles. The number of nitrogens with one attached hydrogen (secondary N) is 1. The molecule has 29 heavy (non-hydrogen) atoms. The maximum absolute atomic E-state index is 13.0.